The summed E-state index contributed by atoms with van der Waals surface area (Å²) in [6.07, 6.45) is 3.24. The number of benzene rings is 2. The zero-order valence-corrected chi connectivity index (χ0v) is 15.0. The number of hydrogen-bond donors (Lipinski definition) is 0. The van der Waals surface area contributed by atoms with Gasteiger partial charge in [-0.25, -0.2) is 8.42 Å². The molecule has 1 atom stereocenters. The Morgan fingerprint density at radius 3 is 2.75 bits per heavy atom. The molecule has 24 heavy (non-hydrogen) atoms. The fraction of sp³-hybridized carbons (Fsp3) is 0.474. The second kappa shape index (κ2) is 7.64. The van der Waals surface area contributed by atoms with Crippen LogP contribution in [0, 0.1) is 0 Å². The maximum atomic E-state index is 12.8. The summed E-state index contributed by atoms with van der Waals surface area (Å²) < 4.78 is 32.3. The summed E-state index contributed by atoms with van der Waals surface area (Å²) >= 11 is 0. The summed E-state index contributed by atoms with van der Waals surface area (Å²) in [7, 11) is -1.58. The number of methoxy groups -OCH3 is 1. The predicted molar refractivity (Wildman–Crippen MR) is 97.5 cm³/mol. The number of rotatable bonds is 7. The van der Waals surface area contributed by atoms with E-state index < -0.39 is 10.0 Å². The average Bonchev–Trinajstić information content (AvgIpc) is 3.09. The zero-order valence-electron chi connectivity index (χ0n) is 14.1. The van der Waals surface area contributed by atoms with Gasteiger partial charge in [-0.3, -0.25) is 0 Å². The SMILES string of the molecule is COCCCCS(=O)(=O)N1CCC[C@H]1c1cccc2ccccc12. The van der Waals surface area contributed by atoms with E-state index in [9.17, 15) is 8.42 Å². The zero-order chi connectivity index (χ0) is 17.0. The molecule has 0 N–H and O–H groups in total. The normalized spacial score (nSPS) is 19.1. The molecule has 0 aliphatic carbocycles. The van der Waals surface area contributed by atoms with Crippen molar-refractivity contribution >= 4 is 20.8 Å². The highest BCUT2D eigenvalue weighted by atomic mass is 32.2. The highest BCUT2D eigenvalue weighted by Crippen LogP contribution is 2.37. The molecule has 0 spiro atoms. The first-order valence-electron chi connectivity index (χ1n) is 8.59. The molecule has 4 nitrogen and oxygen atoms in total. The second-order valence-electron chi connectivity index (χ2n) is 6.35. The maximum absolute atomic E-state index is 12.8. The van der Waals surface area contributed by atoms with Gasteiger partial charge in [-0.15, -0.1) is 0 Å². The van der Waals surface area contributed by atoms with Crippen LogP contribution in [-0.2, 0) is 14.8 Å². The molecule has 1 fully saturated rings. The molecule has 2 aromatic rings. The van der Waals surface area contributed by atoms with Crippen molar-refractivity contribution in [3.8, 4) is 0 Å². The van der Waals surface area contributed by atoms with Crippen molar-refractivity contribution in [2.24, 2.45) is 0 Å². The highest BCUT2D eigenvalue weighted by Gasteiger charge is 2.35. The highest BCUT2D eigenvalue weighted by molar-refractivity contribution is 7.89. The average molecular weight is 347 g/mol. The van der Waals surface area contributed by atoms with Crippen molar-refractivity contribution in [3.05, 3.63) is 48.0 Å². The van der Waals surface area contributed by atoms with Gasteiger partial charge in [-0.2, -0.15) is 4.31 Å². The van der Waals surface area contributed by atoms with Crippen LogP contribution in [0.4, 0.5) is 0 Å². The van der Waals surface area contributed by atoms with Gasteiger partial charge in [-0.1, -0.05) is 42.5 Å². The lowest BCUT2D eigenvalue weighted by Crippen LogP contribution is -2.32. The molecule has 0 amide bonds. The molecule has 130 valence electrons. The van der Waals surface area contributed by atoms with E-state index in [2.05, 4.69) is 24.3 Å². The van der Waals surface area contributed by atoms with Gasteiger partial charge < -0.3 is 4.74 Å². The lowest BCUT2D eigenvalue weighted by Gasteiger charge is -2.25. The van der Waals surface area contributed by atoms with Crippen LogP contribution in [0.1, 0.15) is 37.3 Å². The van der Waals surface area contributed by atoms with Crippen molar-refractivity contribution in [3.63, 3.8) is 0 Å². The van der Waals surface area contributed by atoms with Crippen molar-refractivity contribution in [1.82, 2.24) is 4.31 Å². The molecule has 3 rings (SSSR count). The van der Waals surface area contributed by atoms with Crippen LogP contribution >= 0.6 is 0 Å². The van der Waals surface area contributed by atoms with Crippen LogP contribution in [0.5, 0.6) is 0 Å². The number of sulfonamides is 1. The lowest BCUT2D eigenvalue weighted by molar-refractivity contribution is 0.194. The molecular weight excluding hydrogens is 322 g/mol. The topological polar surface area (TPSA) is 46.6 Å². The Hall–Kier alpha value is -1.43. The predicted octanol–water partition coefficient (Wildman–Crippen LogP) is 3.73. The molecule has 0 aromatic heterocycles. The molecule has 2 aromatic carbocycles. The van der Waals surface area contributed by atoms with E-state index >= 15 is 0 Å². The number of nitrogens with zero attached hydrogens (tertiary/aromatic N) is 1. The summed E-state index contributed by atoms with van der Waals surface area (Å²) in [6.45, 7) is 1.24. The minimum atomic E-state index is -3.23. The summed E-state index contributed by atoms with van der Waals surface area (Å²) in [5, 5.41) is 2.32. The molecule has 0 radical (unpaired) electrons. The van der Waals surface area contributed by atoms with E-state index in [-0.39, 0.29) is 11.8 Å². The van der Waals surface area contributed by atoms with Gasteiger partial charge in [0.1, 0.15) is 0 Å². The minimum absolute atomic E-state index is 0.0384. The van der Waals surface area contributed by atoms with Gasteiger partial charge in [0.2, 0.25) is 10.0 Å². The number of hydrogen-bond acceptors (Lipinski definition) is 3. The molecule has 0 saturated carbocycles. The first-order chi connectivity index (χ1) is 11.6. The van der Waals surface area contributed by atoms with Gasteiger partial charge in [-0.05, 0) is 42.0 Å². The van der Waals surface area contributed by atoms with Gasteiger partial charge in [0.15, 0.2) is 0 Å². The molecule has 1 heterocycles. The Morgan fingerprint density at radius 2 is 1.92 bits per heavy atom. The smallest absolute Gasteiger partial charge is 0.214 e. The van der Waals surface area contributed by atoms with Crippen molar-refractivity contribution in [2.75, 3.05) is 26.0 Å². The third-order valence-corrected chi connectivity index (χ3v) is 6.70. The third kappa shape index (κ3) is 3.63. The summed E-state index contributed by atoms with van der Waals surface area (Å²) in [5.41, 5.74) is 1.13. The van der Waals surface area contributed by atoms with E-state index in [0.717, 1.165) is 30.2 Å². The van der Waals surface area contributed by atoms with Crippen LogP contribution < -0.4 is 0 Å². The van der Waals surface area contributed by atoms with Crippen LogP contribution in [0.25, 0.3) is 10.8 Å². The molecule has 0 bridgehead atoms. The van der Waals surface area contributed by atoms with Crippen LogP contribution in [0.15, 0.2) is 42.5 Å². The van der Waals surface area contributed by atoms with Gasteiger partial charge in [0, 0.05) is 20.3 Å². The van der Waals surface area contributed by atoms with E-state index in [0.29, 0.717) is 19.6 Å². The maximum Gasteiger partial charge on any atom is 0.214 e. The van der Waals surface area contributed by atoms with Crippen LogP contribution in [0.3, 0.4) is 0 Å². The van der Waals surface area contributed by atoms with Crippen molar-refractivity contribution in [2.45, 2.75) is 31.7 Å². The monoisotopic (exact) mass is 347 g/mol. The van der Waals surface area contributed by atoms with Crippen molar-refractivity contribution < 1.29 is 13.2 Å². The fourth-order valence-electron chi connectivity index (χ4n) is 3.57. The number of fused-ring (bicyclic) bond motifs is 1. The summed E-state index contributed by atoms with van der Waals surface area (Å²) in [5.74, 6) is 0.206. The molecule has 1 saturated heterocycles. The fourth-order valence-corrected chi connectivity index (χ4v) is 5.39. The quantitative estimate of drug-likeness (QED) is 0.717. The summed E-state index contributed by atoms with van der Waals surface area (Å²) in [6, 6.07) is 14.4. The van der Waals surface area contributed by atoms with E-state index in [1.807, 2.05) is 18.2 Å². The first kappa shape index (κ1) is 17.4. The Labute approximate surface area is 144 Å². The minimum Gasteiger partial charge on any atom is -0.385 e. The Balaban J connectivity index is 1.85. The standard InChI is InChI=1S/C19H25NO3S/c1-23-14-4-5-15-24(21,22)20-13-7-12-19(20)18-11-6-9-16-8-2-3-10-17(16)18/h2-3,6,8-11,19H,4-5,7,12-15H2,1H3/t19-/m0/s1. The Bertz CT molecular complexity index is 783. The van der Waals surface area contributed by atoms with Crippen LogP contribution in [-0.4, -0.2) is 38.7 Å². The van der Waals surface area contributed by atoms with E-state index in [1.165, 1.54) is 5.39 Å². The summed E-state index contributed by atoms with van der Waals surface area (Å²) in [4.78, 5) is 0. The van der Waals surface area contributed by atoms with E-state index in [1.54, 1.807) is 11.4 Å². The van der Waals surface area contributed by atoms with Crippen molar-refractivity contribution in [1.29, 1.82) is 0 Å². The first-order valence-corrected chi connectivity index (χ1v) is 10.2. The molecule has 0 unspecified atom stereocenters. The second-order valence-corrected chi connectivity index (χ2v) is 8.39. The van der Waals surface area contributed by atoms with Gasteiger partial charge in [0.05, 0.1) is 11.8 Å². The molecular formula is C19H25NO3S. The lowest BCUT2D eigenvalue weighted by atomic mass is 9.98. The molecule has 1 aliphatic rings. The number of ether oxygens (including phenoxy) is 1. The number of unbranched alkanes of at least 4 members (excludes halogenated alkanes) is 1. The molecule has 5 heteroatoms. The Morgan fingerprint density at radius 1 is 1.12 bits per heavy atom. The third-order valence-electron chi connectivity index (χ3n) is 4.74. The van der Waals surface area contributed by atoms with Crippen LogP contribution in [0.2, 0.25) is 0 Å². The molecule has 1 aliphatic heterocycles. The largest absolute Gasteiger partial charge is 0.385 e. The van der Waals surface area contributed by atoms with Gasteiger partial charge in [0.25, 0.3) is 0 Å². The van der Waals surface area contributed by atoms with E-state index in [4.69, 9.17) is 4.74 Å². The van der Waals surface area contributed by atoms with Gasteiger partial charge >= 0.3 is 0 Å². The Kier molecular flexibility index (Phi) is 5.54.